The summed E-state index contributed by atoms with van der Waals surface area (Å²) in [5.74, 6) is 2.16. The smallest absolute Gasteiger partial charge is 0.227 e. The predicted octanol–water partition coefficient (Wildman–Crippen LogP) is 3.39. The maximum Gasteiger partial charge on any atom is 0.227 e. The first kappa shape index (κ1) is 27.3. The molecule has 0 radical (unpaired) electrons. The van der Waals surface area contributed by atoms with Crippen molar-refractivity contribution in [2.75, 3.05) is 22.5 Å². The van der Waals surface area contributed by atoms with E-state index in [4.69, 9.17) is 27.2 Å². The summed E-state index contributed by atoms with van der Waals surface area (Å²) in [6, 6.07) is 10.1. The van der Waals surface area contributed by atoms with E-state index in [-0.39, 0.29) is 5.95 Å². The van der Waals surface area contributed by atoms with Crippen LogP contribution in [0.4, 0.5) is 23.5 Å². The van der Waals surface area contributed by atoms with Gasteiger partial charge in [-0.1, -0.05) is 43.7 Å². The summed E-state index contributed by atoms with van der Waals surface area (Å²) >= 11 is 0. The second-order valence-electron chi connectivity index (χ2n) is 9.31. The largest absolute Gasteiger partial charge is 0.382 e. The summed E-state index contributed by atoms with van der Waals surface area (Å²) in [5.41, 5.74) is 23.1. The quantitative estimate of drug-likeness (QED) is 0.184. The summed E-state index contributed by atoms with van der Waals surface area (Å²) in [4.78, 5) is 25.8. The lowest BCUT2D eigenvalue weighted by molar-refractivity contribution is 0.778. The van der Waals surface area contributed by atoms with Crippen molar-refractivity contribution in [1.29, 1.82) is 0 Å². The number of nitrogens with one attached hydrogen (secondary N) is 2. The van der Waals surface area contributed by atoms with E-state index in [1.165, 1.54) is 0 Å². The number of aryl methyl sites for hydroxylation is 3. The molecule has 0 unspecified atom stereocenters. The number of aromatic nitrogens is 10. The van der Waals surface area contributed by atoms with E-state index in [1.54, 1.807) is 6.33 Å². The number of nitrogens with zero attached hydrogens (tertiary/aromatic N) is 9. The fourth-order valence-corrected chi connectivity index (χ4v) is 4.55. The maximum absolute atomic E-state index is 6.22. The van der Waals surface area contributed by atoms with Crippen molar-refractivity contribution in [3.8, 4) is 11.5 Å². The zero-order valence-electron chi connectivity index (χ0n) is 23.3. The third-order valence-corrected chi connectivity index (χ3v) is 6.54. The molecule has 0 saturated carbocycles. The number of nitrogens with two attached hydrogens (primary N) is 3. The zero-order valence-corrected chi connectivity index (χ0v) is 23.3. The highest BCUT2D eigenvalue weighted by Crippen LogP contribution is 2.28. The number of imidazole rings is 2. The summed E-state index contributed by atoms with van der Waals surface area (Å²) in [5, 5.41) is 10.6. The molecule has 5 heterocycles. The Morgan fingerprint density at radius 1 is 0.854 bits per heavy atom. The molecule has 14 nitrogen and oxygen atoms in total. The lowest BCUT2D eigenvalue weighted by atomic mass is 10.1. The van der Waals surface area contributed by atoms with Crippen molar-refractivity contribution in [2.45, 2.75) is 53.2 Å². The number of H-pyrrole nitrogens is 1. The minimum Gasteiger partial charge on any atom is -0.382 e. The van der Waals surface area contributed by atoms with Gasteiger partial charge in [-0.2, -0.15) is 25.0 Å². The molecule has 1 aromatic carbocycles. The van der Waals surface area contributed by atoms with Gasteiger partial charge in [0.2, 0.25) is 11.9 Å². The van der Waals surface area contributed by atoms with Crippen LogP contribution in [0, 0.1) is 0 Å². The molecule has 0 atom stereocenters. The maximum atomic E-state index is 6.22. The topological polar surface area (TPSA) is 206 Å². The Morgan fingerprint density at radius 2 is 1.63 bits per heavy atom. The van der Waals surface area contributed by atoms with Crippen LogP contribution in [0.2, 0.25) is 0 Å². The molecular weight excluding hydrogens is 520 g/mol. The van der Waals surface area contributed by atoms with E-state index in [9.17, 15) is 0 Å². The van der Waals surface area contributed by atoms with Gasteiger partial charge in [0.15, 0.2) is 34.3 Å². The number of benzene rings is 1. The van der Waals surface area contributed by atoms with Gasteiger partial charge in [-0.25, -0.2) is 9.97 Å². The van der Waals surface area contributed by atoms with E-state index in [2.05, 4.69) is 61.4 Å². The Kier molecular flexibility index (Phi) is 7.90. The van der Waals surface area contributed by atoms with Gasteiger partial charge < -0.3 is 31.7 Å². The van der Waals surface area contributed by atoms with Crippen LogP contribution in [0.3, 0.4) is 0 Å². The van der Waals surface area contributed by atoms with Crippen molar-refractivity contribution in [3.05, 3.63) is 54.0 Å². The highest BCUT2D eigenvalue weighted by atomic mass is 15.2. The van der Waals surface area contributed by atoms with Crippen LogP contribution in [0.5, 0.6) is 0 Å². The second-order valence-corrected chi connectivity index (χ2v) is 9.31. The summed E-state index contributed by atoms with van der Waals surface area (Å²) in [6.07, 6.45) is 5.51. The number of nitrogen functional groups attached to an aromatic ring is 3. The fraction of sp³-hybridized carbons (Fsp3) is 0.296. The van der Waals surface area contributed by atoms with Crippen LogP contribution in [-0.2, 0) is 26.1 Å². The molecule has 0 aliphatic rings. The number of hydrogen-bond acceptors (Lipinski definition) is 11. The van der Waals surface area contributed by atoms with Crippen molar-refractivity contribution in [2.24, 2.45) is 0 Å². The van der Waals surface area contributed by atoms with Gasteiger partial charge in [0, 0.05) is 25.2 Å². The molecule has 14 heteroatoms. The van der Waals surface area contributed by atoms with Crippen LogP contribution in [-0.4, -0.2) is 49.2 Å². The first-order valence-electron chi connectivity index (χ1n) is 13.5. The molecule has 0 fully saturated rings. The SMILES string of the molecule is CCCc1cn[nH]c1-c1nc2c(N)nc(NCc3ccccc3)nc2n1CC.CCn1cnc2c(N)nc(N)nc21. The van der Waals surface area contributed by atoms with Crippen molar-refractivity contribution < 1.29 is 0 Å². The Bertz CT molecular complexity index is 1770. The molecule has 212 valence electrons. The zero-order chi connectivity index (χ0) is 28.9. The normalized spacial score (nSPS) is 11.1. The Balaban J connectivity index is 0.000000216. The number of hydrogen-bond donors (Lipinski definition) is 5. The van der Waals surface area contributed by atoms with E-state index in [0.29, 0.717) is 47.4 Å². The highest BCUT2D eigenvalue weighted by molar-refractivity contribution is 5.86. The molecular formula is C27H34N14. The minimum absolute atomic E-state index is 0.181. The second kappa shape index (κ2) is 11.9. The summed E-state index contributed by atoms with van der Waals surface area (Å²) < 4.78 is 3.91. The first-order chi connectivity index (χ1) is 19.9. The van der Waals surface area contributed by atoms with Crippen LogP contribution in [0.25, 0.3) is 33.8 Å². The Hall–Kier alpha value is -5.27. The van der Waals surface area contributed by atoms with Gasteiger partial charge in [0.1, 0.15) is 11.2 Å². The van der Waals surface area contributed by atoms with Crippen LogP contribution in [0.1, 0.15) is 38.3 Å². The van der Waals surface area contributed by atoms with Crippen LogP contribution >= 0.6 is 0 Å². The van der Waals surface area contributed by atoms with E-state index < -0.39 is 0 Å². The standard InChI is InChI=1S/C20H24N8.C7H10N6/c1-3-8-14-12-23-27-15(14)18-24-16-17(21)25-20(26-19(16)28(18)4-2)22-11-13-9-6-5-7-10-13;1-2-13-3-10-4-5(8)11-7(9)12-6(4)13/h5-7,9-10,12H,3-4,8,11H2,1-2H3,(H,23,27)(H3,21,22,25,26);3H,2H2,1H3,(H4,8,9,11,12). The number of fused-ring (bicyclic) bond motifs is 2. The molecule has 6 rings (SSSR count). The monoisotopic (exact) mass is 554 g/mol. The van der Waals surface area contributed by atoms with Gasteiger partial charge in [0.05, 0.1) is 12.5 Å². The van der Waals surface area contributed by atoms with Crippen molar-refractivity contribution in [1.82, 2.24) is 49.2 Å². The predicted molar refractivity (Wildman–Crippen MR) is 161 cm³/mol. The lowest BCUT2D eigenvalue weighted by Crippen LogP contribution is -2.07. The average molecular weight is 555 g/mol. The van der Waals surface area contributed by atoms with Crippen molar-refractivity contribution in [3.63, 3.8) is 0 Å². The summed E-state index contributed by atoms with van der Waals surface area (Å²) in [6.45, 7) is 8.33. The van der Waals surface area contributed by atoms with E-state index >= 15 is 0 Å². The molecule has 41 heavy (non-hydrogen) atoms. The molecule has 0 aliphatic carbocycles. The van der Waals surface area contributed by atoms with E-state index in [1.807, 2.05) is 40.5 Å². The van der Waals surface area contributed by atoms with E-state index in [0.717, 1.165) is 47.7 Å². The van der Waals surface area contributed by atoms with Crippen molar-refractivity contribution >= 4 is 45.9 Å². The minimum atomic E-state index is 0.181. The van der Waals surface area contributed by atoms with Crippen LogP contribution in [0.15, 0.2) is 42.9 Å². The van der Waals surface area contributed by atoms with Gasteiger partial charge in [-0.05, 0) is 25.8 Å². The van der Waals surface area contributed by atoms with Crippen LogP contribution < -0.4 is 22.5 Å². The third kappa shape index (κ3) is 5.57. The van der Waals surface area contributed by atoms with Gasteiger partial charge in [-0.15, -0.1) is 0 Å². The molecule has 5 aromatic heterocycles. The molecule has 0 saturated heterocycles. The number of anilines is 4. The third-order valence-electron chi connectivity index (χ3n) is 6.54. The molecule has 0 bridgehead atoms. The highest BCUT2D eigenvalue weighted by Gasteiger charge is 2.20. The average Bonchev–Trinajstić information content (AvgIpc) is 3.70. The lowest BCUT2D eigenvalue weighted by Gasteiger charge is -2.08. The summed E-state index contributed by atoms with van der Waals surface area (Å²) in [7, 11) is 0. The Labute approximate surface area is 236 Å². The number of rotatable bonds is 8. The number of aromatic amines is 1. The molecule has 6 aromatic rings. The van der Waals surface area contributed by atoms with Gasteiger partial charge >= 0.3 is 0 Å². The fourth-order valence-electron chi connectivity index (χ4n) is 4.55. The first-order valence-corrected chi connectivity index (χ1v) is 13.5. The van der Waals surface area contributed by atoms with Gasteiger partial charge in [0.25, 0.3) is 0 Å². The molecule has 8 N–H and O–H groups in total. The Morgan fingerprint density at radius 3 is 2.37 bits per heavy atom. The molecule has 0 aliphatic heterocycles. The molecule has 0 spiro atoms. The molecule has 0 amide bonds. The van der Waals surface area contributed by atoms with Gasteiger partial charge in [-0.3, -0.25) is 5.10 Å².